The largest absolute Gasteiger partial charge is 0.456 e. The van der Waals surface area contributed by atoms with Crippen LogP contribution in [0.4, 0.5) is 10.1 Å². The third kappa shape index (κ3) is 4.29. The second-order valence-electron chi connectivity index (χ2n) is 5.12. The molecule has 0 radical (unpaired) electrons. The zero-order valence-corrected chi connectivity index (χ0v) is 14.4. The Morgan fingerprint density at radius 2 is 1.52 bits per heavy atom. The standard InChI is InChI=1S/C18H13ClFNO3S/c19-17-3-1-2-4-18(17)24-15-9-11-16(12-10-15)25(22,23)21-14-7-5-13(20)6-8-14/h1-12,21H. The summed E-state index contributed by atoms with van der Waals surface area (Å²) in [6.45, 7) is 0. The molecule has 128 valence electrons. The van der Waals surface area contributed by atoms with Crippen LogP contribution in [0.1, 0.15) is 0 Å². The van der Waals surface area contributed by atoms with Crippen molar-refractivity contribution in [3.05, 3.63) is 83.6 Å². The van der Waals surface area contributed by atoms with Crippen LogP contribution in [0.5, 0.6) is 11.5 Å². The Kier molecular flexibility index (Phi) is 4.92. The monoisotopic (exact) mass is 377 g/mol. The van der Waals surface area contributed by atoms with E-state index in [2.05, 4.69) is 4.72 Å². The van der Waals surface area contributed by atoms with E-state index in [4.69, 9.17) is 16.3 Å². The fourth-order valence-electron chi connectivity index (χ4n) is 2.07. The fraction of sp³-hybridized carbons (Fsp3) is 0. The summed E-state index contributed by atoms with van der Waals surface area (Å²) in [5.41, 5.74) is 0.276. The van der Waals surface area contributed by atoms with Gasteiger partial charge in [0.25, 0.3) is 10.0 Å². The lowest BCUT2D eigenvalue weighted by Crippen LogP contribution is -2.12. The first-order valence-electron chi connectivity index (χ1n) is 7.25. The predicted molar refractivity (Wildman–Crippen MR) is 95.2 cm³/mol. The summed E-state index contributed by atoms with van der Waals surface area (Å²) in [7, 11) is -3.78. The second kappa shape index (κ2) is 7.13. The highest BCUT2D eigenvalue weighted by Gasteiger charge is 2.14. The van der Waals surface area contributed by atoms with E-state index in [1.165, 1.54) is 48.5 Å². The minimum Gasteiger partial charge on any atom is -0.456 e. The van der Waals surface area contributed by atoms with Crippen LogP contribution in [-0.2, 0) is 10.0 Å². The van der Waals surface area contributed by atoms with E-state index < -0.39 is 15.8 Å². The van der Waals surface area contributed by atoms with Gasteiger partial charge in [-0.25, -0.2) is 12.8 Å². The maximum atomic E-state index is 12.9. The van der Waals surface area contributed by atoms with E-state index >= 15 is 0 Å². The molecule has 0 aliphatic rings. The Morgan fingerprint density at radius 3 is 2.16 bits per heavy atom. The molecule has 0 aliphatic carbocycles. The summed E-state index contributed by atoms with van der Waals surface area (Å²) in [4.78, 5) is 0.0586. The highest BCUT2D eigenvalue weighted by molar-refractivity contribution is 7.92. The number of anilines is 1. The molecular formula is C18H13ClFNO3S. The first-order chi connectivity index (χ1) is 11.9. The van der Waals surface area contributed by atoms with Gasteiger partial charge in [-0.2, -0.15) is 0 Å². The average Bonchev–Trinajstić information content (AvgIpc) is 2.59. The summed E-state index contributed by atoms with van der Waals surface area (Å²) in [6.07, 6.45) is 0. The predicted octanol–water partition coefficient (Wildman–Crippen LogP) is 5.07. The van der Waals surface area contributed by atoms with E-state index in [1.807, 2.05) is 0 Å². The molecule has 25 heavy (non-hydrogen) atoms. The molecule has 3 rings (SSSR count). The summed E-state index contributed by atoms with van der Waals surface area (Å²) >= 11 is 6.02. The smallest absolute Gasteiger partial charge is 0.261 e. The number of hydrogen-bond donors (Lipinski definition) is 1. The van der Waals surface area contributed by atoms with Crippen LogP contribution in [0.25, 0.3) is 0 Å². The molecule has 0 aliphatic heterocycles. The number of para-hydroxylation sites is 1. The van der Waals surface area contributed by atoms with Crippen molar-refractivity contribution in [2.45, 2.75) is 4.90 Å². The van der Waals surface area contributed by atoms with Crippen molar-refractivity contribution < 1.29 is 17.5 Å². The molecular weight excluding hydrogens is 365 g/mol. The molecule has 7 heteroatoms. The number of ether oxygens (including phenoxy) is 1. The Bertz CT molecular complexity index is 974. The summed E-state index contributed by atoms with van der Waals surface area (Å²) in [5.74, 6) is 0.488. The van der Waals surface area contributed by atoms with E-state index in [-0.39, 0.29) is 10.6 Å². The average molecular weight is 378 g/mol. The topological polar surface area (TPSA) is 55.4 Å². The third-order valence-corrected chi connectivity index (χ3v) is 5.00. The second-order valence-corrected chi connectivity index (χ2v) is 7.21. The molecule has 0 atom stereocenters. The maximum absolute atomic E-state index is 12.9. The zero-order valence-electron chi connectivity index (χ0n) is 12.8. The number of halogens is 2. The Labute approximate surface area is 149 Å². The van der Waals surface area contributed by atoms with E-state index in [0.29, 0.717) is 16.5 Å². The van der Waals surface area contributed by atoms with Crippen LogP contribution in [0.3, 0.4) is 0 Å². The molecule has 0 spiro atoms. The van der Waals surface area contributed by atoms with Gasteiger partial charge in [-0.05, 0) is 60.7 Å². The minimum absolute atomic E-state index is 0.0586. The van der Waals surface area contributed by atoms with Gasteiger partial charge >= 0.3 is 0 Å². The molecule has 0 bridgehead atoms. The van der Waals surface area contributed by atoms with Crippen LogP contribution in [0.15, 0.2) is 77.7 Å². The molecule has 0 saturated carbocycles. The molecule has 3 aromatic rings. The first-order valence-corrected chi connectivity index (χ1v) is 9.11. The van der Waals surface area contributed by atoms with Crippen molar-refractivity contribution in [3.8, 4) is 11.5 Å². The summed E-state index contributed by atoms with van der Waals surface area (Å²) < 4.78 is 45.6. The van der Waals surface area contributed by atoms with Crippen LogP contribution >= 0.6 is 11.6 Å². The van der Waals surface area contributed by atoms with Gasteiger partial charge in [0.05, 0.1) is 9.92 Å². The van der Waals surface area contributed by atoms with Crippen molar-refractivity contribution in [2.24, 2.45) is 0 Å². The molecule has 0 aromatic heterocycles. The highest BCUT2D eigenvalue weighted by atomic mass is 35.5. The van der Waals surface area contributed by atoms with E-state index in [0.717, 1.165) is 0 Å². The number of benzene rings is 3. The third-order valence-electron chi connectivity index (χ3n) is 3.29. The quantitative estimate of drug-likeness (QED) is 0.675. The Morgan fingerprint density at radius 1 is 0.880 bits per heavy atom. The lowest BCUT2D eigenvalue weighted by molar-refractivity contribution is 0.482. The minimum atomic E-state index is -3.78. The van der Waals surface area contributed by atoms with Gasteiger partial charge in [0, 0.05) is 5.69 Å². The van der Waals surface area contributed by atoms with Crippen LogP contribution in [0.2, 0.25) is 5.02 Å². The van der Waals surface area contributed by atoms with Crippen molar-refractivity contribution in [2.75, 3.05) is 4.72 Å². The molecule has 0 saturated heterocycles. The number of rotatable bonds is 5. The zero-order chi connectivity index (χ0) is 17.9. The molecule has 0 heterocycles. The normalized spacial score (nSPS) is 11.1. The van der Waals surface area contributed by atoms with Crippen LogP contribution < -0.4 is 9.46 Å². The molecule has 0 fully saturated rings. The van der Waals surface area contributed by atoms with E-state index in [9.17, 15) is 12.8 Å². The van der Waals surface area contributed by atoms with Crippen molar-refractivity contribution >= 4 is 27.3 Å². The Hall–Kier alpha value is -2.57. The fourth-order valence-corrected chi connectivity index (χ4v) is 3.31. The molecule has 1 N–H and O–H groups in total. The first kappa shape index (κ1) is 17.3. The molecule has 3 aromatic carbocycles. The maximum Gasteiger partial charge on any atom is 0.261 e. The van der Waals surface area contributed by atoms with Gasteiger partial charge in [-0.1, -0.05) is 23.7 Å². The lowest BCUT2D eigenvalue weighted by Gasteiger charge is -2.10. The van der Waals surface area contributed by atoms with Crippen molar-refractivity contribution in [1.29, 1.82) is 0 Å². The highest BCUT2D eigenvalue weighted by Crippen LogP contribution is 2.29. The van der Waals surface area contributed by atoms with Gasteiger partial charge in [-0.3, -0.25) is 4.72 Å². The Balaban J connectivity index is 1.77. The van der Waals surface area contributed by atoms with Gasteiger partial charge < -0.3 is 4.74 Å². The van der Waals surface area contributed by atoms with Crippen molar-refractivity contribution in [1.82, 2.24) is 0 Å². The van der Waals surface area contributed by atoms with E-state index in [1.54, 1.807) is 24.3 Å². The number of nitrogens with one attached hydrogen (secondary N) is 1. The molecule has 0 amide bonds. The number of sulfonamides is 1. The van der Waals surface area contributed by atoms with Gasteiger partial charge in [0.2, 0.25) is 0 Å². The summed E-state index contributed by atoms with van der Waals surface area (Å²) in [5, 5.41) is 0.456. The van der Waals surface area contributed by atoms with Gasteiger partial charge in [0.15, 0.2) is 0 Å². The molecule has 4 nitrogen and oxygen atoms in total. The summed E-state index contributed by atoms with van der Waals surface area (Å²) in [6, 6.07) is 17.9. The van der Waals surface area contributed by atoms with Gasteiger partial charge in [0.1, 0.15) is 17.3 Å². The number of hydrogen-bond acceptors (Lipinski definition) is 3. The van der Waals surface area contributed by atoms with Crippen molar-refractivity contribution in [3.63, 3.8) is 0 Å². The van der Waals surface area contributed by atoms with Gasteiger partial charge in [-0.15, -0.1) is 0 Å². The molecule has 0 unspecified atom stereocenters. The SMILES string of the molecule is O=S(=O)(Nc1ccc(F)cc1)c1ccc(Oc2ccccc2Cl)cc1. The lowest BCUT2D eigenvalue weighted by atomic mass is 10.3. The van der Waals surface area contributed by atoms with Crippen LogP contribution in [-0.4, -0.2) is 8.42 Å². The van der Waals surface area contributed by atoms with Crippen LogP contribution in [0, 0.1) is 5.82 Å².